The fraction of sp³-hybridized carbons (Fsp3) is 0.611. The lowest BCUT2D eigenvalue weighted by atomic mass is 9.67. The van der Waals surface area contributed by atoms with Crippen LogP contribution in [0.3, 0.4) is 0 Å². The first-order valence-corrected chi connectivity index (χ1v) is 8.58. The first-order chi connectivity index (χ1) is 11.1. The highest BCUT2D eigenvalue weighted by molar-refractivity contribution is 5.97. The van der Waals surface area contributed by atoms with Crippen LogP contribution in [0.25, 0.3) is 0 Å². The van der Waals surface area contributed by atoms with Crippen LogP contribution in [-0.4, -0.2) is 24.6 Å². The van der Waals surface area contributed by atoms with Gasteiger partial charge in [-0.15, -0.1) is 0 Å². The summed E-state index contributed by atoms with van der Waals surface area (Å²) in [4.78, 5) is 12.7. The van der Waals surface area contributed by atoms with Gasteiger partial charge in [-0.2, -0.15) is 0 Å². The van der Waals surface area contributed by atoms with E-state index in [1.54, 1.807) is 19.1 Å². The van der Waals surface area contributed by atoms with Crippen LogP contribution in [0.15, 0.2) is 18.2 Å². The number of hydrogen-bond acceptors (Lipinski definition) is 3. The van der Waals surface area contributed by atoms with Crippen LogP contribution in [0.4, 0.5) is 4.39 Å². The van der Waals surface area contributed by atoms with Gasteiger partial charge in [0.1, 0.15) is 0 Å². The van der Waals surface area contributed by atoms with Crippen LogP contribution in [0.1, 0.15) is 49.4 Å². The molecule has 23 heavy (non-hydrogen) atoms. The summed E-state index contributed by atoms with van der Waals surface area (Å²) in [6.45, 7) is 2.10. The second-order valence-corrected chi connectivity index (χ2v) is 6.73. The average Bonchev–Trinajstić information content (AvgIpc) is 2.50. The predicted molar refractivity (Wildman–Crippen MR) is 86.9 cm³/mol. The Morgan fingerprint density at radius 2 is 2.04 bits per heavy atom. The van der Waals surface area contributed by atoms with Crippen molar-refractivity contribution in [2.45, 2.75) is 51.1 Å². The van der Waals surface area contributed by atoms with Crippen molar-refractivity contribution in [2.75, 3.05) is 6.61 Å². The normalized spacial score (nSPS) is 29.9. The topological polar surface area (TPSA) is 64.3 Å². The van der Waals surface area contributed by atoms with Gasteiger partial charge in [0.15, 0.2) is 11.6 Å². The molecular formula is C18H25FN2O2. The van der Waals surface area contributed by atoms with E-state index in [9.17, 15) is 9.18 Å². The van der Waals surface area contributed by atoms with E-state index in [0.717, 1.165) is 25.7 Å². The quantitative estimate of drug-likeness (QED) is 0.896. The van der Waals surface area contributed by atoms with Crippen molar-refractivity contribution in [3.8, 4) is 5.75 Å². The molecule has 0 aromatic heterocycles. The van der Waals surface area contributed by atoms with E-state index in [2.05, 4.69) is 5.32 Å². The molecule has 0 radical (unpaired) electrons. The minimum Gasteiger partial charge on any atom is -0.490 e. The Balaban J connectivity index is 1.78. The van der Waals surface area contributed by atoms with Crippen LogP contribution in [0.5, 0.6) is 5.75 Å². The molecule has 126 valence electrons. The minimum atomic E-state index is -0.495. The lowest BCUT2D eigenvalue weighted by molar-refractivity contribution is 0.0752. The number of carbonyl (C=O) groups is 1. The number of nitrogens with two attached hydrogens (primary N) is 1. The molecule has 0 spiro atoms. The number of ether oxygens (including phenoxy) is 1. The van der Waals surface area contributed by atoms with Gasteiger partial charge < -0.3 is 15.8 Å². The van der Waals surface area contributed by atoms with Gasteiger partial charge in [0.2, 0.25) is 0 Å². The van der Waals surface area contributed by atoms with Crippen molar-refractivity contribution in [1.82, 2.24) is 5.32 Å². The Labute approximate surface area is 136 Å². The molecule has 0 aliphatic heterocycles. The molecule has 2 aliphatic rings. The number of benzene rings is 1. The third-order valence-corrected chi connectivity index (χ3v) is 5.17. The van der Waals surface area contributed by atoms with Gasteiger partial charge in [-0.3, -0.25) is 4.79 Å². The first kappa shape index (κ1) is 16.2. The van der Waals surface area contributed by atoms with E-state index >= 15 is 0 Å². The van der Waals surface area contributed by atoms with Gasteiger partial charge in [-0.05, 0) is 56.6 Å². The highest BCUT2D eigenvalue weighted by Crippen LogP contribution is 2.40. The maximum atomic E-state index is 13.9. The molecule has 1 aromatic carbocycles. The zero-order valence-corrected chi connectivity index (χ0v) is 13.6. The highest BCUT2D eigenvalue weighted by Gasteiger charge is 2.40. The second-order valence-electron chi connectivity index (χ2n) is 6.73. The molecule has 3 N–H and O–H groups in total. The van der Waals surface area contributed by atoms with Gasteiger partial charge in [0.05, 0.1) is 12.2 Å². The zero-order valence-electron chi connectivity index (χ0n) is 13.6. The van der Waals surface area contributed by atoms with E-state index in [-0.39, 0.29) is 29.3 Å². The van der Waals surface area contributed by atoms with Crippen molar-refractivity contribution in [2.24, 2.45) is 17.6 Å². The molecule has 2 aliphatic carbocycles. The van der Waals surface area contributed by atoms with Crippen LogP contribution < -0.4 is 15.8 Å². The van der Waals surface area contributed by atoms with Gasteiger partial charge >= 0.3 is 0 Å². The number of para-hydroxylation sites is 1. The molecule has 2 fully saturated rings. The predicted octanol–water partition coefficient (Wildman–Crippen LogP) is 2.86. The number of carbonyl (C=O) groups excluding carboxylic acids is 1. The highest BCUT2D eigenvalue weighted by atomic mass is 19.1. The number of amides is 1. The molecule has 0 heterocycles. The van der Waals surface area contributed by atoms with E-state index < -0.39 is 5.82 Å². The molecule has 0 saturated heterocycles. The molecule has 1 aromatic rings. The average molecular weight is 320 g/mol. The summed E-state index contributed by atoms with van der Waals surface area (Å²) >= 11 is 0. The molecule has 2 unspecified atom stereocenters. The zero-order chi connectivity index (χ0) is 16.4. The standard InChI is InChI=1S/C18H25FN2O2/c1-2-23-17-14(7-4-8-15(17)19)18(22)21-16-11-5-3-6-12(16)10-13(20)9-11/h4,7-8,11-13,16H,2-3,5-6,9-10,20H2,1H3,(H,21,22). The van der Waals surface area contributed by atoms with Crippen LogP contribution in [0.2, 0.25) is 0 Å². The van der Waals surface area contributed by atoms with Gasteiger partial charge in [0.25, 0.3) is 5.91 Å². The SMILES string of the molecule is CCOc1c(F)cccc1C(=O)NC1C2CCCC1CC(N)C2. The molecule has 2 saturated carbocycles. The van der Waals surface area contributed by atoms with Crippen LogP contribution >= 0.6 is 0 Å². The third-order valence-electron chi connectivity index (χ3n) is 5.17. The fourth-order valence-electron chi connectivity index (χ4n) is 4.23. The van der Waals surface area contributed by atoms with Crippen molar-refractivity contribution in [1.29, 1.82) is 0 Å². The van der Waals surface area contributed by atoms with E-state index in [0.29, 0.717) is 18.4 Å². The summed E-state index contributed by atoms with van der Waals surface area (Å²) in [6, 6.07) is 4.87. The molecular weight excluding hydrogens is 295 g/mol. The Bertz CT molecular complexity index is 564. The Morgan fingerprint density at radius 3 is 2.70 bits per heavy atom. The molecule has 2 bridgehead atoms. The third kappa shape index (κ3) is 3.34. The van der Waals surface area contributed by atoms with Gasteiger partial charge in [0, 0.05) is 12.1 Å². The minimum absolute atomic E-state index is 0.0465. The number of halogens is 1. The smallest absolute Gasteiger partial charge is 0.255 e. The van der Waals surface area contributed by atoms with Gasteiger partial charge in [-0.25, -0.2) is 4.39 Å². The van der Waals surface area contributed by atoms with Crippen molar-refractivity contribution >= 4 is 5.91 Å². The Hall–Kier alpha value is -1.62. The summed E-state index contributed by atoms with van der Waals surface area (Å²) in [5, 5.41) is 3.14. The first-order valence-electron chi connectivity index (χ1n) is 8.58. The summed E-state index contributed by atoms with van der Waals surface area (Å²) in [7, 11) is 0. The van der Waals surface area contributed by atoms with Crippen LogP contribution in [0, 0.1) is 17.7 Å². The summed E-state index contributed by atoms with van der Waals surface area (Å²) in [6.07, 6.45) is 5.34. The number of rotatable bonds is 4. The van der Waals surface area contributed by atoms with Crippen molar-refractivity contribution in [3.63, 3.8) is 0 Å². The van der Waals surface area contributed by atoms with E-state index in [1.807, 2.05) is 0 Å². The maximum absolute atomic E-state index is 13.9. The summed E-state index contributed by atoms with van der Waals surface area (Å²) in [5.74, 6) is 0.178. The summed E-state index contributed by atoms with van der Waals surface area (Å²) in [5.41, 5.74) is 6.41. The van der Waals surface area contributed by atoms with Crippen LogP contribution in [-0.2, 0) is 0 Å². The molecule has 5 heteroatoms. The molecule has 3 rings (SSSR count). The second kappa shape index (κ2) is 6.87. The van der Waals surface area contributed by atoms with E-state index in [4.69, 9.17) is 10.5 Å². The molecule has 1 amide bonds. The number of hydrogen-bond donors (Lipinski definition) is 2. The Morgan fingerprint density at radius 1 is 1.35 bits per heavy atom. The summed E-state index contributed by atoms with van der Waals surface area (Å²) < 4.78 is 19.3. The van der Waals surface area contributed by atoms with Gasteiger partial charge in [-0.1, -0.05) is 12.5 Å². The van der Waals surface area contributed by atoms with Crippen molar-refractivity contribution in [3.05, 3.63) is 29.6 Å². The fourth-order valence-corrected chi connectivity index (χ4v) is 4.23. The maximum Gasteiger partial charge on any atom is 0.255 e. The largest absolute Gasteiger partial charge is 0.490 e. The number of nitrogens with one attached hydrogen (secondary N) is 1. The molecule has 4 nitrogen and oxygen atoms in total. The lowest BCUT2D eigenvalue weighted by Crippen LogP contribution is -2.53. The lowest BCUT2D eigenvalue weighted by Gasteiger charge is -2.45. The molecule has 2 atom stereocenters. The Kier molecular flexibility index (Phi) is 4.85. The number of fused-ring (bicyclic) bond motifs is 2. The van der Waals surface area contributed by atoms with Crippen molar-refractivity contribution < 1.29 is 13.9 Å². The van der Waals surface area contributed by atoms with E-state index in [1.165, 1.54) is 12.5 Å². The monoisotopic (exact) mass is 320 g/mol.